The number of ether oxygens (including phenoxy) is 3. The summed E-state index contributed by atoms with van der Waals surface area (Å²) in [5.74, 6) is 2.44. The smallest absolute Gasteiger partial charge is 0.416 e. The minimum absolute atomic E-state index is 0.0108. The van der Waals surface area contributed by atoms with E-state index in [1.54, 1.807) is 36.4 Å². The highest BCUT2D eigenvalue weighted by Gasteiger charge is 2.41. The van der Waals surface area contributed by atoms with Gasteiger partial charge in [-0.2, -0.15) is 26.3 Å². The summed E-state index contributed by atoms with van der Waals surface area (Å²) < 4.78 is 104. The Morgan fingerprint density at radius 2 is 0.917 bits per heavy atom. The molecule has 4 nitrogen and oxygen atoms in total. The second kappa shape index (κ2) is 20.3. The highest BCUT2D eigenvalue weighted by molar-refractivity contribution is 5.75. The van der Waals surface area contributed by atoms with E-state index in [-0.39, 0.29) is 34.4 Å². The van der Waals surface area contributed by atoms with Gasteiger partial charge in [-0.1, -0.05) is 130 Å². The topological polar surface area (TPSA) is 47.9 Å². The fourth-order valence-electron chi connectivity index (χ4n) is 8.55. The second-order valence-electron chi connectivity index (χ2n) is 19.7. The van der Waals surface area contributed by atoms with Gasteiger partial charge in [0.1, 0.15) is 40.1 Å². The van der Waals surface area contributed by atoms with Crippen LogP contribution in [0.5, 0.6) is 34.5 Å². The number of alkyl halides is 6. The molecule has 72 heavy (non-hydrogen) atoms. The van der Waals surface area contributed by atoms with E-state index in [0.29, 0.717) is 48.1 Å². The van der Waals surface area contributed by atoms with Crippen molar-refractivity contribution >= 4 is 0 Å². The molecule has 8 aromatic carbocycles. The number of hydrogen-bond acceptors (Lipinski definition) is 4. The lowest BCUT2D eigenvalue weighted by atomic mass is 9.71. The van der Waals surface area contributed by atoms with E-state index >= 15 is 0 Å². The van der Waals surface area contributed by atoms with Crippen LogP contribution in [-0.4, -0.2) is 10.7 Å². The number of hydrogen-bond donors (Lipinski definition) is 1. The van der Waals surface area contributed by atoms with Crippen LogP contribution in [0.15, 0.2) is 176 Å². The molecule has 0 aliphatic heterocycles. The third kappa shape index (κ3) is 12.0. The van der Waals surface area contributed by atoms with Gasteiger partial charge in [0.05, 0.1) is 11.1 Å². The Kier molecular flexibility index (Phi) is 14.4. The molecule has 0 spiro atoms. The predicted molar refractivity (Wildman–Crippen MR) is 274 cm³/mol. The summed E-state index contributed by atoms with van der Waals surface area (Å²) in [4.78, 5) is 0. The van der Waals surface area contributed by atoms with Crippen molar-refractivity contribution in [2.24, 2.45) is 0 Å². The molecule has 0 heterocycles. The van der Waals surface area contributed by atoms with Crippen molar-refractivity contribution in [2.45, 2.75) is 90.6 Å². The number of benzene rings is 8. The summed E-state index contributed by atoms with van der Waals surface area (Å²) in [6.45, 7) is 14.1. The first kappa shape index (κ1) is 50.9. The van der Waals surface area contributed by atoms with E-state index < -0.39 is 34.5 Å². The van der Waals surface area contributed by atoms with Crippen LogP contribution >= 0.6 is 0 Å². The number of rotatable bonds is 15. The van der Waals surface area contributed by atoms with Gasteiger partial charge in [0.2, 0.25) is 0 Å². The molecule has 0 unspecified atom stereocenters. The van der Waals surface area contributed by atoms with Crippen LogP contribution in [0, 0.1) is 6.92 Å². The first-order chi connectivity index (χ1) is 34.0. The van der Waals surface area contributed by atoms with Gasteiger partial charge in [-0.15, -0.1) is 0 Å². The molecule has 0 aliphatic rings. The van der Waals surface area contributed by atoms with Gasteiger partial charge in [-0.05, 0) is 163 Å². The summed E-state index contributed by atoms with van der Waals surface area (Å²) in [5, 5.41) is 10.2. The summed E-state index contributed by atoms with van der Waals surface area (Å²) in [5.41, 5.74) is 4.38. The van der Waals surface area contributed by atoms with E-state index in [4.69, 9.17) is 14.2 Å². The zero-order valence-corrected chi connectivity index (χ0v) is 41.2. The number of halogens is 6. The Hall–Kier alpha value is -7.46. The maximum absolute atomic E-state index is 14.2. The molecule has 0 bridgehead atoms. The van der Waals surface area contributed by atoms with E-state index in [1.165, 1.54) is 17.7 Å². The van der Waals surface area contributed by atoms with Crippen LogP contribution in [0.3, 0.4) is 0 Å². The molecule has 0 saturated carbocycles. The number of aryl methyl sites for hydroxylation is 1. The Labute approximate surface area is 417 Å². The van der Waals surface area contributed by atoms with Crippen LogP contribution in [0.2, 0.25) is 0 Å². The molecule has 0 atom stereocenters. The maximum Gasteiger partial charge on any atom is 0.416 e. The van der Waals surface area contributed by atoms with E-state index in [9.17, 15) is 31.4 Å². The fraction of sp³-hybridized carbons (Fsp3) is 0.226. The Bertz CT molecular complexity index is 3120. The van der Waals surface area contributed by atoms with Crippen molar-refractivity contribution in [3.8, 4) is 56.8 Å². The highest BCUT2D eigenvalue weighted by atomic mass is 19.4. The lowest BCUT2D eigenvalue weighted by molar-refractivity contribution is -0.143. The summed E-state index contributed by atoms with van der Waals surface area (Å²) in [6.07, 6.45) is -8.81. The average Bonchev–Trinajstić information content (AvgIpc) is 3.33. The number of phenols is 1. The van der Waals surface area contributed by atoms with Gasteiger partial charge < -0.3 is 19.3 Å². The normalized spacial score (nSPS) is 12.2. The van der Waals surface area contributed by atoms with Gasteiger partial charge in [-0.3, -0.25) is 0 Å². The largest absolute Gasteiger partial charge is 0.508 e. The molecule has 0 aliphatic carbocycles. The van der Waals surface area contributed by atoms with E-state index in [2.05, 4.69) is 50.2 Å². The van der Waals surface area contributed by atoms with Crippen LogP contribution in [0.4, 0.5) is 26.3 Å². The first-order valence-electron chi connectivity index (χ1n) is 23.8. The molecule has 1 N–H and O–H groups in total. The number of phenolic OH excluding ortho intramolecular Hbond substituents is 1. The molecular formula is C62H56F6O4. The van der Waals surface area contributed by atoms with Gasteiger partial charge >= 0.3 is 12.4 Å². The molecule has 10 heteroatoms. The minimum Gasteiger partial charge on any atom is -0.508 e. The van der Waals surface area contributed by atoms with Crippen LogP contribution in [0.1, 0.15) is 97.5 Å². The van der Waals surface area contributed by atoms with Gasteiger partial charge in [0.15, 0.2) is 0 Å². The molecule has 8 aromatic rings. The van der Waals surface area contributed by atoms with Crippen LogP contribution in [0.25, 0.3) is 22.3 Å². The SMILES string of the molecule is Cc1cccc(-c2cc(O)ccc2Oc2ccc(Cc3ccc(C(C)(C)C(C)(C)Oc4ccc(Oc5ccc(Cc6ccc(C(C)C)cc6)cc5)c(-c5cc(C(F)(F)F)cc(C(F)(F)F)c5)c4)cc3)cc2)c1. The lowest BCUT2D eigenvalue weighted by Crippen LogP contribution is -2.47. The van der Waals surface area contributed by atoms with Crippen LogP contribution < -0.4 is 14.2 Å². The Balaban J connectivity index is 1.01. The standard InChI is InChI=1S/C62H56F6O4/c1-39(2)45-19-11-41(12-20-45)32-43-15-26-53(27-16-43)71-58-30-28-54(38-56(58)47-34-49(61(63,64)65)36-50(35-47)62(66,67)68)72-60(6,7)59(4,5)48-21-13-42(14-22-48)33-44-17-24-52(25-18-44)70-57-29-23-51(69)37-55(57)46-10-8-9-40(3)31-46/h8-31,34-39,69H,32-33H2,1-7H3. The van der Waals surface area contributed by atoms with Crippen molar-refractivity contribution in [3.05, 3.63) is 226 Å². The quantitative estimate of drug-likeness (QED) is 0.104. The van der Waals surface area contributed by atoms with Crippen molar-refractivity contribution in [2.75, 3.05) is 0 Å². The average molecular weight is 979 g/mol. The molecule has 0 amide bonds. The van der Waals surface area contributed by atoms with E-state index in [1.807, 2.05) is 107 Å². The summed E-state index contributed by atoms with van der Waals surface area (Å²) >= 11 is 0. The van der Waals surface area contributed by atoms with Crippen molar-refractivity contribution in [1.82, 2.24) is 0 Å². The molecule has 370 valence electrons. The maximum atomic E-state index is 14.2. The van der Waals surface area contributed by atoms with E-state index in [0.717, 1.165) is 44.5 Å². The van der Waals surface area contributed by atoms with Crippen molar-refractivity contribution < 1.29 is 45.7 Å². The van der Waals surface area contributed by atoms with Crippen molar-refractivity contribution in [1.29, 1.82) is 0 Å². The van der Waals surface area contributed by atoms with Crippen LogP contribution in [-0.2, 0) is 30.6 Å². The van der Waals surface area contributed by atoms with Gasteiger partial charge in [0.25, 0.3) is 0 Å². The molecule has 8 rings (SSSR count). The summed E-state index contributed by atoms with van der Waals surface area (Å²) in [7, 11) is 0. The predicted octanol–water partition coefficient (Wildman–Crippen LogP) is 18.1. The van der Waals surface area contributed by atoms with Gasteiger partial charge in [-0.25, -0.2) is 0 Å². The zero-order chi connectivity index (χ0) is 51.6. The summed E-state index contributed by atoms with van der Waals surface area (Å²) in [6, 6.07) is 50.7. The first-order valence-corrected chi connectivity index (χ1v) is 23.8. The minimum atomic E-state index is -5.06. The number of aromatic hydroxyl groups is 1. The fourth-order valence-corrected chi connectivity index (χ4v) is 8.55. The van der Waals surface area contributed by atoms with Gasteiger partial charge in [0, 0.05) is 16.5 Å². The zero-order valence-electron chi connectivity index (χ0n) is 41.2. The molecule has 0 aromatic heterocycles. The Morgan fingerprint density at radius 3 is 1.40 bits per heavy atom. The molecule has 0 fully saturated rings. The molecule has 0 saturated heterocycles. The third-order valence-electron chi connectivity index (χ3n) is 13.5. The Morgan fingerprint density at radius 1 is 0.458 bits per heavy atom. The molecule has 0 radical (unpaired) electrons. The molecular weight excluding hydrogens is 923 g/mol. The second-order valence-corrected chi connectivity index (χ2v) is 19.7. The third-order valence-corrected chi connectivity index (χ3v) is 13.5. The van der Waals surface area contributed by atoms with Crippen molar-refractivity contribution in [3.63, 3.8) is 0 Å². The lowest BCUT2D eigenvalue weighted by Gasteiger charge is -2.42. The monoisotopic (exact) mass is 978 g/mol. The highest BCUT2D eigenvalue weighted by Crippen LogP contribution is 2.45.